The first-order valence-corrected chi connectivity index (χ1v) is 7.52. The van der Waals surface area contributed by atoms with Gasteiger partial charge in [0.15, 0.2) is 0 Å². The zero-order valence-electron chi connectivity index (χ0n) is 13.5. The molecule has 4 nitrogen and oxygen atoms in total. The van der Waals surface area contributed by atoms with Crippen molar-refractivity contribution in [3.05, 3.63) is 0 Å². The van der Waals surface area contributed by atoms with Gasteiger partial charge >= 0.3 is 5.97 Å². The van der Waals surface area contributed by atoms with Gasteiger partial charge in [0.2, 0.25) is 0 Å². The molecule has 0 aliphatic rings. The topological polar surface area (TPSA) is 52.6 Å². The second-order valence-electron chi connectivity index (χ2n) is 5.95. The van der Waals surface area contributed by atoms with Crippen molar-refractivity contribution in [2.45, 2.75) is 66.0 Å². The number of likely N-dealkylation sites (N-methyl/N-ethyl adjacent to an activating group) is 1. The van der Waals surface area contributed by atoms with E-state index < -0.39 is 11.5 Å². The van der Waals surface area contributed by atoms with Gasteiger partial charge in [0.1, 0.15) is 5.54 Å². The minimum atomic E-state index is -0.879. The minimum absolute atomic E-state index is 0.160. The molecule has 0 aliphatic heterocycles. The van der Waals surface area contributed by atoms with E-state index in [1.54, 1.807) is 6.92 Å². The summed E-state index contributed by atoms with van der Waals surface area (Å²) in [4.78, 5) is 13.8. The number of hydrogen-bond acceptors (Lipinski definition) is 3. The summed E-state index contributed by atoms with van der Waals surface area (Å²) in [7, 11) is 0. The summed E-state index contributed by atoms with van der Waals surface area (Å²) in [6.07, 6.45) is 2.29. The van der Waals surface area contributed by atoms with E-state index in [0.717, 1.165) is 25.9 Å². The molecule has 0 saturated carbocycles. The maximum atomic E-state index is 11.5. The summed E-state index contributed by atoms with van der Waals surface area (Å²) in [6.45, 7) is 14.7. The Morgan fingerprint density at radius 3 is 2.11 bits per heavy atom. The lowest BCUT2D eigenvalue weighted by molar-refractivity contribution is -0.145. The molecule has 19 heavy (non-hydrogen) atoms. The molecule has 2 N–H and O–H groups in total. The van der Waals surface area contributed by atoms with E-state index in [2.05, 4.69) is 31.0 Å². The van der Waals surface area contributed by atoms with Crippen LogP contribution < -0.4 is 5.32 Å². The van der Waals surface area contributed by atoms with E-state index in [1.807, 2.05) is 13.8 Å². The fourth-order valence-electron chi connectivity index (χ4n) is 2.48. The highest BCUT2D eigenvalue weighted by Gasteiger charge is 2.35. The first kappa shape index (κ1) is 18.4. The van der Waals surface area contributed by atoms with Crippen molar-refractivity contribution in [3.8, 4) is 0 Å². The van der Waals surface area contributed by atoms with Crippen LogP contribution >= 0.6 is 0 Å². The molecular formula is C15H32N2O2. The van der Waals surface area contributed by atoms with E-state index in [4.69, 9.17) is 0 Å². The summed E-state index contributed by atoms with van der Waals surface area (Å²) >= 11 is 0. The Morgan fingerprint density at radius 2 is 1.79 bits per heavy atom. The minimum Gasteiger partial charge on any atom is -0.480 e. The monoisotopic (exact) mass is 272 g/mol. The van der Waals surface area contributed by atoms with Gasteiger partial charge in [-0.3, -0.25) is 10.1 Å². The van der Waals surface area contributed by atoms with E-state index in [9.17, 15) is 9.90 Å². The lowest BCUT2D eigenvalue weighted by atomic mass is 9.98. The maximum absolute atomic E-state index is 11.5. The number of hydrogen-bond donors (Lipinski definition) is 2. The van der Waals surface area contributed by atoms with Crippen LogP contribution in [0.5, 0.6) is 0 Å². The second-order valence-corrected chi connectivity index (χ2v) is 5.95. The summed E-state index contributed by atoms with van der Waals surface area (Å²) in [5.41, 5.74) is -0.879. The van der Waals surface area contributed by atoms with Gasteiger partial charge in [-0.25, -0.2) is 0 Å². The molecule has 0 saturated heterocycles. The highest BCUT2D eigenvalue weighted by molar-refractivity contribution is 5.78. The number of nitrogens with zero attached hydrogens (tertiary/aromatic N) is 1. The van der Waals surface area contributed by atoms with Gasteiger partial charge in [-0.1, -0.05) is 33.6 Å². The molecule has 0 aromatic rings. The van der Waals surface area contributed by atoms with E-state index >= 15 is 0 Å². The zero-order chi connectivity index (χ0) is 15.1. The first-order valence-electron chi connectivity index (χ1n) is 7.52. The van der Waals surface area contributed by atoms with Crippen LogP contribution in [0, 0.1) is 5.92 Å². The zero-order valence-corrected chi connectivity index (χ0v) is 13.5. The Bertz CT molecular complexity index is 265. The van der Waals surface area contributed by atoms with Crippen molar-refractivity contribution in [2.75, 3.05) is 19.6 Å². The van der Waals surface area contributed by atoms with Crippen LogP contribution in [0.4, 0.5) is 0 Å². The number of carboxylic acids is 1. The molecule has 0 radical (unpaired) electrons. The quantitative estimate of drug-likeness (QED) is 0.642. The Kier molecular flexibility index (Phi) is 8.26. The Hall–Kier alpha value is -0.610. The molecule has 0 fully saturated rings. The molecule has 0 aromatic heterocycles. The van der Waals surface area contributed by atoms with Crippen molar-refractivity contribution in [1.82, 2.24) is 10.2 Å². The van der Waals surface area contributed by atoms with Gasteiger partial charge in [-0.2, -0.15) is 0 Å². The fourth-order valence-corrected chi connectivity index (χ4v) is 2.48. The van der Waals surface area contributed by atoms with Gasteiger partial charge < -0.3 is 10.0 Å². The molecule has 0 bridgehead atoms. The van der Waals surface area contributed by atoms with Crippen LogP contribution in [-0.2, 0) is 4.79 Å². The third-order valence-electron chi connectivity index (χ3n) is 3.74. The van der Waals surface area contributed by atoms with Gasteiger partial charge in [-0.05, 0) is 33.2 Å². The van der Waals surface area contributed by atoms with Crippen molar-refractivity contribution in [3.63, 3.8) is 0 Å². The van der Waals surface area contributed by atoms with Crippen LogP contribution in [0.2, 0.25) is 0 Å². The number of aliphatic carboxylic acids is 1. The van der Waals surface area contributed by atoms with E-state index in [0.29, 0.717) is 12.5 Å². The van der Waals surface area contributed by atoms with Gasteiger partial charge in [-0.15, -0.1) is 0 Å². The summed E-state index contributed by atoms with van der Waals surface area (Å²) < 4.78 is 0. The highest BCUT2D eigenvalue weighted by Crippen LogP contribution is 2.14. The molecular weight excluding hydrogens is 240 g/mol. The molecule has 0 heterocycles. The molecule has 1 unspecified atom stereocenters. The first-order chi connectivity index (χ1) is 8.78. The molecule has 0 aliphatic carbocycles. The molecule has 0 amide bonds. The second kappa shape index (κ2) is 8.54. The Morgan fingerprint density at radius 1 is 1.26 bits per heavy atom. The van der Waals surface area contributed by atoms with Crippen molar-refractivity contribution in [1.29, 1.82) is 0 Å². The van der Waals surface area contributed by atoms with Crippen molar-refractivity contribution >= 4 is 5.97 Å². The average Bonchev–Trinajstić information content (AvgIpc) is 2.33. The lowest BCUT2D eigenvalue weighted by Gasteiger charge is -2.35. The van der Waals surface area contributed by atoms with E-state index in [1.165, 1.54) is 0 Å². The average molecular weight is 272 g/mol. The number of rotatable bonds is 10. The Balaban J connectivity index is 4.74. The predicted molar refractivity (Wildman–Crippen MR) is 80.5 cm³/mol. The smallest absolute Gasteiger partial charge is 0.324 e. The standard InChI is InChI=1S/C15H32N2O2/c1-7-13(8-2)10-17(9-3)11-15(6,14(18)19)16-12(4)5/h12-13,16H,7-11H2,1-6H3,(H,18,19). The van der Waals surface area contributed by atoms with Gasteiger partial charge in [0, 0.05) is 19.1 Å². The molecule has 0 rings (SSSR count). The highest BCUT2D eigenvalue weighted by atomic mass is 16.4. The number of nitrogens with one attached hydrogen (secondary N) is 1. The predicted octanol–water partition coefficient (Wildman–Crippen LogP) is 2.59. The largest absolute Gasteiger partial charge is 0.480 e. The molecule has 0 aromatic carbocycles. The van der Waals surface area contributed by atoms with Crippen molar-refractivity contribution < 1.29 is 9.90 Å². The third kappa shape index (κ3) is 6.39. The molecule has 114 valence electrons. The van der Waals surface area contributed by atoms with E-state index in [-0.39, 0.29) is 6.04 Å². The molecule has 0 spiro atoms. The molecule has 4 heteroatoms. The third-order valence-corrected chi connectivity index (χ3v) is 3.74. The van der Waals surface area contributed by atoms with Gasteiger partial charge in [0.05, 0.1) is 0 Å². The van der Waals surface area contributed by atoms with Crippen LogP contribution in [0.15, 0.2) is 0 Å². The van der Waals surface area contributed by atoms with Gasteiger partial charge in [0.25, 0.3) is 0 Å². The maximum Gasteiger partial charge on any atom is 0.324 e. The number of carbonyl (C=O) groups is 1. The number of carboxylic acid groups (broad SMARTS) is 1. The summed E-state index contributed by atoms with van der Waals surface area (Å²) in [6, 6.07) is 0.160. The summed E-state index contributed by atoms with van der Waals surface area (Å²) in [5.74, 6) is -0.124. The van der Waals surface area contributed by atoms with Crippen LogP contribution in [0.1, 0.15) is 54.4 Å². The molecule has 1 atom stereocenters. The van der Waals surface area contributed by atoms with Crippen molar-refractivity contribution in [2.24, 2.45) is 5.92 Å². The van der Waals surface area contributed by atoms with Crippen LogP contribution in [0.3, 0.4) is 0 Å². The van der Waals surface area contributed by atoms with Crippen LogP contribution in [-0.4, -0.2) is 47.2 Å². The SMILES string of the molecule is CCC(CC)CN(CC)CC(C)(NC(C)C)C(=O)O. The Labute approximate surface area is 118 Å². The fraction of sp³-hybridized carbons (Fsp3) is 0.933. The van der Waals surface area contributed by atoms with Crippen LogP contribution in [0.25, 0.3) is 0 Å². The normalized spacial score (nSPS) is 15.2. The summed E-state index contributed by atoms with van der Waals surface area (Å²) in [5, 5.41) is 12.7. The lowest BCUT2D eigenvalue weighted by Crippen LogP contribution is -2.59.